The third kappa shape index (κ3) is 4.04. The number of ether oxygens (including phenoxy) is 3. The van der Waals surface area contributed by atoms with Crippen LogP contribution >= 0.6 is 0 Å². The second kappa shape index (κ2) is 6.49. The molecule has 20 heavy (non-hydrogen) atoms. The van der Waals surface area contributed by atoms with Gasteiger partial charge in [-0.05, 0) is 12.1 Å². The fourth-order valence-electron chi connectivity index (χ4n) is 1.64. The molecule has 0 saturated carbocycles. The van der Waals surface area contributed by atoms with E-state index in [1.165, 1.54) is 33.5 Å². The van der Waals surface area contributed by atoms with Crippen molar-refractivity contribution in [3.8, 4) is 17.2 Å². The Morgan fingerprint density at radius 2 is 1.55 bits per heavy atom. The lowest BCUT2D eigenvalue weighted by Crippen LogP contribution is -2.11. The van der Waals surface area contributed by atoms with E-state index >= 15 is 0 Å². The molecule has 1 aromatic rings. The highest BCUT2D eigenvalue weighted by molar-refractivity contribution is 5.97. The molecule has 0 bridgehead atoms. The maximum absolute atomic E-state index is 12.1. The van der Waals surface area contributed by atoms with Gasteiger partial charge in [0.2, 0.25) is 5.75 Å². The molecule has 7 heteroatoms. The zero-order valence-electron chi connectivity index (χ0n) is 11.3. The summed E-state index contributed by atoms with van der Waals surface area (Å²) < 4.78 is 51.5. The summed E-state index contributed by atoms with van der Waals surface area (Å²) in [6, 6.07) is 2.67. The Morgan fingerprint density at radius 3 is 1.90 bits per heavy atom. The normalized spacial score (nSPS) is 11.1. The molecule has 0 unspecified atom stereocenters. The molecular weight excluding hydrogens is 277 g/mol. The molecule has 0 saturated heterocycles. The van der Waals surface area contributed by atoms with Crippen LogP contribution in [0.4, 0.5) is 13.2 Å². The predicted octanol–water partition coefficient (Wildman–Crippen LogP) is 3.24. The summed E-state index contributed by atoms with van der Waals surface area (Å²) in [5.74, 6) is 0.0911. The third-order valence-corrected chi connectivity index (χ3v) is 2.62. The van der Waals surface area contributed by atoms with Crippen LogP contribution in [0.25, 0.3) is 0 Å². The molecule has 1 aromatic carbocycles. The van der Waals surface area contributed by atoms with Crippen molar-refractivity contribution in [2.24, 2.45) is 0 Å². The van der Waals surface area contributed by atoms with Gasteiger partial charge in [-0.25, -0.2) is 0 Å². The molecule has 0 radical (unpaired) electrons. The van der Waals surface area contributed by atoms with E-state index < -0.39 is 24.8 Å². The minimum Gasteiger partial charge on any atom is -0.493 e. The van der Waals surface area contributed by atoms with E-state index in [1.807, 2.05) is 0 Å². The minimum atomic E-state index is -4.36. The second-order valence-electron chi connectivity index (χ2n) is 3.95. The Labute approximate surface area is 114 Å². The number of rotatable bonds is 6. The Balaban J connectivity index is 3.04. The highest BCUT2D eigenvalue weighted by Crippen LogP contribution is 2.38. The summed E-state index contributed by atoms with van der Waals surface area (Å²) >= 11 is 0. The molecule has 0 aromatic heterocycles. The fraction of sp³-hybridized carbons (Fsp3) is 0.462. The van der Waals surface area contributed by atoms with Crippen molar-refractivity contribution in [2.75, 3.05) is 21.3 Å². The lowest BCUT2D eigenvalue weighted by Gasteiger charge is -2.14. The standard InChI is InChI=1S/C13H15F3O4/c1-18-10-6-8(7-11(19-2)12(10)20-3)9(17)4-5-13(14,15)16/h6-7H,4-5H2,1-3H3. The maximum Gasteiger partial charge on any atom is 0.389 e. The Morgan fingerprint density at radius 1 is 1.05 bits per heavy atom. The first-order chi connectivity index (χ1) is 9.32. The number of ketones is 1. The first-order valence-electron chi connectivity index (χ1n) is 5.72. The van der Waals surface area contributed by atoms with E-state index in [4.69, 9.17) is 14.2 Å². The Hall–Kier alpha value is -1.92. The molecule has 112 valence electrons. The molecule has 0 fully saturated rings. The molecule has 0 aliphatic heterocycles. The quantitative estimate of drug-likeness (QED) is 0.755. The first kappa shape index (κ1) is 16.1. The molecule has 0 aliphatic rings. The van der Waals surface area contributed by atoms with Gasteiger partial charge in [0.05, 0.1) is 27.8 Å². The average molecular weight is 292 g/mol. The van der Waals surface area contributed by atoms with Crippen LogP contribution < -0.4 is 14.2 Å². The zero-order valence-corrected chi connectivity index (χ0v) is 11.3. The van der Waals surface area contributed by atoms with Crippen molar-refractivity contribution in [3.05, 3.63) is 17.7 Å². The van der Waals surface area contributed by atoms with Gasteiger partial charge >= 0.3 is 6.18 Å². The molecule has 4 nitrogen and oxygen atoms in total. The minimum absolute atomic E-state index is 0.0868. The number of methoxy groups -OCH3 is 3. The van der Waals surface area contributed by atoms with E-state index in [0.29, 0.717) is 0 Å². The topological polar surface area (TPSA) is 44.8 Å². The summed E-state index contributed by atoms with van der Waals surface area (Å²) in [5.41, 5.74) is 0.0868. The fourth-order valence-corrected chi connectivity index (χ4v) is 1.64. The van der Waals surface area contributed by atoms with Crippen molar-refractivity contribution in [1.29, 1.82) is 0 Å². The number of benzene rings is 1. The molecular formula is C13H15F3O4. The van der Waals surface area contributed by atoms with E-state index in [-0.39, 0.29) is 22.8 Å². The number of alkyl halides is 3. The van der Waals surface area contributed by atoms with Gasteiger partial charge in [-0.3, -0.25) is 4.79 Å². The van der Waals surface area contributed by atoms with Gasteiger partial charge in [0.15, 0.2) is 17.3 Å². The van der Waals surface area contributed by atoms with Crippen molar-refractivity contribution in [2.45, 2.75) is 19.0 Å². The number of halogens is 3. The van der Waals surface area contributed by atoms with Crippen molar-refractivity contribution >= 4 is 5.78 Å². The van der Waals surface area contributed by atoms with Gasteiger partial charge < -0.3 is 14.2 Å². The van der Waals surface area contributed by atoms with E-state index in [2.05, 4.69) is 0 Å². The van der Waals surface area contributed by atoms with E-state index in [0.717, 1.165) is 0 Å². The second-order valence-corrected chi connectivity index (χ2v) is 3.95. The number of carbonyl (C=O) groups excluding carboxylic acids is 1. The summed E-state index contributed by atoms with van der Waals surface area (Å²) in [7, 11) is 4.12. The van der Waals surface area contributed by atoms with Crippen molar-refractivity contribution in [3.63, 3.8) is 0 Å². The number of carbonyl (C=O) groups is 1. The van der Waals surface area contributed by atoms with Crippen LogP contribution in [0.5, 0.6) is 17.2 Å². The molecule has 0 amide bonds. The van der Waals surface area contributed by atoms with E-state index in [9.17, 15) is 18.0 Å². The number of hydrogen-bond acceptors (Lipinski definition) is 4. The van der Waals surface area contributed by atoms with Crippen molar-refractivity contribution < 1.29 is 32.2 Å². The van der Waals surface area contributed by atoms with Gasteiger partial charge in [-0.2, -0.15) is 13.2 Å². The smallest absolute Gasteiger partial charge is 0.389 e. The van der Waals surface area contributed by atoms with Gasteiger partial charge in [-0.1, -0.05) is 0 Å². The average Bonchev–Trinajstić information content (AvgIpc) is 2.42. The molecule has 0 heterocycles. The Kier molecular flexibility index (Phi) is 5.24. The largest absolute Gasteiger partial charge is 0.493 e. The highest BCUT2D eigenvalue weighted by atomic mass is 19.4. The summed E-state index contributed by atoms with van der Waals surface area (Å²) in [4.78, 5) is 11.8. The first-order valence-corrected chi connectivity index (χ1v) is 5.72. The van der Waals surface area contributed by atoms with E-state index in [1.54, 1.807) is 0 Å². The number of Topliss-reactive ketones (excluding diaryl/α,β-unsaturated/α-hetero) is 1. The summed E-state index contributed by atoms with van der Waals surface area (Å²) in [6.07, 6.45) is -6.15. The SMILES string of the molecule is COc1cc(C(=O)CCC(F)(F)F)cc(OC)c1OC. The van der Waals surface area contributed by atoms with Gasteiger partial charge in [0.1, 0.15) is 0 Å². The lowest BCUT2D eigenvalue weighted by atomic mass is 10.1. The van der Waals surface area contributed by atoms with Crippen LogP contribution in [0.3, 0.4) is 0 Å². The maximum atomic E-state index is 12.1. The summed E-state index contributed by atoms with van der Waals surface area (Å²) in [6.45, 7) is 0. The summed E-state index contributed by atoms with van der Waals surface area (Å²) in [5, 5.41) is 0. The van der Waals surface area contributed by atoms with Crippen molar-refractivity contribution in [1.82, 2.24) is 0 Å². The highest BCUT2D eigenvalue weighted by Gasteiger charge is 2.28. The lowest BCUT2D eigenvalue weighted by molar-refractivity contribution is -0.133. The molecule has 1 rings (SSSR count). The van der Waals surface area contributed by atoms with Crippen LogP contribution in [-0.2, 0) is 0 Å². The van der Waals surface area contributed by atoms with Crippen LogP contribution in [0.1, 0.15) is 23.2 Å². The van der Waals surface area contributed by atoms with Crippen LogP contribution in [-0.4, -0.2) is 33.3 Å². The molecule has 0 atom stereocenters. The van der Waals surface area contributed by atoms with Gasteiger partial charge in [0.25, 0.3) is 0 Å². The third-order valence-electron chi connectivity index (χ3n) is 2.62. The zero-order chi connectivity index (χ0) is 15.3. The van der Waals surface area contributed by atoms with Crippen LogP contribution in [0.2, 0.25) is 0 Å². The molecule has 0 spiro atoms. The monoisotopic (exact) mass is 292 g/mol. The van der Waals surface area contributed by atoms with Crippen LogP contribution in [0.15, 0.2) is 12.1 Å². The van der Waals surface area contributed by atoms with Gasteiger partial charge in [0, 0.05) is 12.0 Å². The molecule has 0 aliphatic carbocycles. The molecule has 0 N–H and O–H groups in total. The predicted molar refractivity (Wildman–Crippen MR) is 65.7 cm³/mol. The Bertz CT molecular complexity index is 458. The van der Waals surface area contributed by atoms with Gasteiger partial charge in [-0.15, -0.1) is 0 Å². The number of hydrogen-bond donors (Lipinski definition) is 0. The van der Waals surface area contributed by atoms with Crippen LogP contribution in [0, 0.1) is 0 Å².